The Morgan fingerprint density at radius 2 is 1.00 bits per heavy atom. The van der Waals surface area contributed by atoms with Crippen molar-refractivity contribution in [3.05, 3.63) is 48.6 Å². The highest BCUT2D eigenvalue weighted by molar-refractivity contribution is 5.37. The second kappa shape index (κ2) is 3.52. The van der Waals surface area contributed by atoms with Gasteiger partial charge in [-0.2, -0.15) is 0 Å². The van der Waals surface area contributed by atoms with Crippen LogP contribution in [0.25, 0.3) is 0 Å². The molecule has 6 aliphatic rings. The topological polar surface area (TPSA) is 40.5 Å². The third kappa shape index (κ3) is 1.11. The Bertz CT molecular complexity index is 615. The Kier molecular flexibility index (Phi) is 1.97. The molecule has 2 saturated carbocycles. The average molecular weight is 294 g/mol. The van der Waals surface area contributed by atoms with Crippen molar-refractivity contribution in [1.29, 1.82) is 0 Å². The minimum atomic E-state index is -0.958. The Morgan fingerprint density at radius 1 is 0.591 bits per heavy atom. The molecule has 0 amide bonds. The smallest absolute Gasteiger partial charge is 0.101 e. The highest BCUT2D eigenvalue weighted by Gasteiger charge is 2.70. The van der Waals surface area contributed by atoms with Crippen LogP contribution in [0, 0.1) is 47.3 Å². The molecule has 114 valence electrons. The van der Waals surface area contributed by atoms with Gasteiger partial charge in [-0.25, -0.2) is 0 Å². The van der Waals surface area contributed by atoms with E-state index in [4.69, 9.17) is 0 Å². The van der Waals surface area contributed by atoms with Crippen molar-refractivity contribution < 1.29 is 10.2 Å². The van der Waals surface area contributed by atoms with Gasteiger partial charge in [0.25, 0.3) is 0 Å². The zero-order valence-electron chi connectivity index (χ0n) is 12.5. The summed E-state index contributed by atoms with van der Waals surface area (Å²) in [5.74, 6) is 3.08. The van der Waals surface area contributed by atoms with Crippen molar-refractivity contribution in [3.63, 3.8) is 0 Å². The standard InChI is InChI=1S/C20H22O2/c21-19(9-13-3-1-11-5-7-15(19)17(11)13)20(22)10-14-4-2-12-6-8-16(20)18(12)14/h1-8,11-18,21-22H,9-10H2/t11-,12-,13+,14+,15-,16+,17+,18+,19-,20+/m1/s1. The first-order valence-corrected chi connectivity index (χ1v) is 8.80. The lowest BCUT2D eigenvalue weighted by Crippen LogP contribution is -2.59. The molecule has 0 aliphatic heterocycles. The van der Waals surface area contributed by atoms with Gasteiger partial charge in [0.15, 0.2) is 0 Å². The van der Waals surface area contributed by atoms with Gasteiger partial charge in [-0.1, -0.05) is 48.6 Å². The monoisotopic (exact) mass is 294 g/mol. The van der Waals surface area contributed by atoms with Gasteiger partial charge in [0.05, 0.1) is 0 Å². The second-order valence-corrected chi connectivity index (χ2v) is 8.49. The second-order valence-electron chi connectivity index (χ2n) is 8.49. The van der Waals surface area contributed by atoms with E-state index in [2.05, 4.69) is 48.6 Å². The molecule has 0 spiro atoms. The summed E-state index contributed by atoms with van der Waals surface area (Å²) in [5.41, 5.74) is -1.92. The summed E-state index contributed by atoms with van der Waals surface area (Å²) in [4.78, 5) is 0. The number of hydrogen-bond acceptors (Lipinski definition) is 2. The van der Waals surface area contributed by atoms with Crippen molar-refractivity contribution in [1.82, 2.24) is 0 Å². The first-order chi connectivity index (χ1) is 10.6. The maximum Gasteiger partial charge on any atom is 0.101 e. The molecule has 2 fully saturated rings. The molecule has 0 radical (unpaired) electrons. The molecule has 2 heteroatoms. The van der Waals surface area contributed by atoms with Crippen LogP contribution >= 0.6 is 0 Å². The summed E-state index contributed by atoms with van der Waals surface area (Å²) in [7, 11) is 0. The Balaban J connectivity index is 1.47. The Morgan fingerprint density at radius 3 is 1.45 bits per heavy atom. The molecule has 2 nitrogen and oxygen atoms in total. The summed E-state index contributed by atoms with van der Waals surface area (Å²) in [6.45, 7) is 0. The molecule has 10 atom stereocenters. The lowest BCUT2D eigenvalue weighted by atomic mass is 9.68. The first-order valence-electron chi connectivity index (χ1n) is 8.80. The molecule has 0 saturated heterocycles. The number of rotatable bonds is 1. The summed E-state index contributed by atoms with van der Waals surface area (Å²) >= 11 is 0. The number of allylic oxidation sites excluding steroid dienone is 6. The van der Waals surface area contributed by atoms with Crippen LogP contribution in [0.2, 0.25) is 0 Å². The summed E-state index contributed by atoms with van der Waals surface area (Å²) in [6, 6.07) is 0. The summed E-state index contributed by atoms with van der Waals surface area (Å²) in [6.07, 6.45) is 19.5. The van der Waals surface area contributed by atoms with Gasteiger partial charge in [0, 0.05) is 11.8 Å². The Labute approximate surface area is 130 Å². The minimum Gasteiger partial charge on any atom is -0.386 e. The van der Waals surface area contributed by atoms with E-state index in [0.29, 0.717) is 35.5 Å². The molecule has 0 aromatic rings. The minimum absolute atomic E-state index is 0.123. The van der Waals surface area contributed by atoms with Crippen LogP contribution in [-0.4, -0.2) is 21.4 Å². The van der Waals surface area contributed by atoms with Gasteiger partial charge in [-0.3, -0.25) is 0 Å². The van der Waals surface area contributed by atoms with Crippen LogP contribution in [0.1, 0.15) is 12.8 Å². The third-order valence-electron chi connectivity index (χ3n) is 7.90. The highest BCUT2D eigenvalue weighted by Crippen LogP contribution is 2.66. The predicted octanol–water partition coefficient (Wildman–Crippen LogP) is 2.46. The molecular weight excluding hydrogens is 272 g/mol. The van der Waals surface area contributed by atoms with Gasteiger partial charge in [0.1, 0.15) is 11.2 Å². The van der Waals surface area contributed by atoms with Crippen molar-refractivity contribution >= 4 is 0 Å². The SMILES string of the molecule is O[C@]1([C@]2(O)C[C@@H]3C=C[C@@H]4C=C[C@H]2[C@@H]43)C[C@@H]2C=C[C@@H]3C=C[C@@H]1[C@@H]32. The maximum atomic E-state index is 11.7. The van der Waals surface area contributed by atoms with Gasteiger partial charge in [-0.15, -0.1) is 0 Å². The summed E-state index contributed by atoms with van der Waals surface area (Å²) in [5, 5.41) is 23.4. The van der Waals surface area contributed by atoms with E-state index in [1.807, 2.05) is 0 Å². The van der Waals surface area contributed by atoms with Crippen LogP contribution in [0.3, 0.4) is 0 Å². The summed E-state index contributed by atoms with van der Waals surface area (Å²) < 4.78 is 0. The van der Waals surface area contributed by atoms with Crippen molar-refractivity contribution in [2.75, 3.05) is 0 Å². The zero-order valence-corrected chi connectivity index (χ0v) is 12.5. The van der Waals surface area contributed by atoms with Crippen LogP contribution < -0.4 is 0 Å². The molecular formula is C20H22O2. The van der Waals surface area contributed by atoms with E-state index in [9.17, 15) is 10.2 Å². The lowest BCUT2D eigenvalue weighted by Gasteiger charge is -2.45. The van der Waals surface area contributed by atoms with Crippen LogP contribution in [0.5, 0.6) is 0 Å². The molecule has 0 bridgehead atoms. The Hall–Kier alpha value is -1.12. The maximum absolute atomic E-state index is 11.7. The first kappa shape index (κ1) is 12.3. The van der Waals surface area contributed by atoms with Crippen LogP contribution in [0.15, 0.2) is 48.6 Å². The number of hydrogen-bond donors (Lipinski definition) is 2. The van der Waals surface area contributed by atoms with Gasteiger partial charge in [-0.05, 0) is 48.3 Å². The van der Waals surface area contributed by atoms with Crippen LogP contribution in [0.4, 0.5) is 0 Å². The number of aliphatic hydroxyl groups is 2. The fourth-order valence-corrected chi connectivity index (χ4v) is 7.06. The van der Waals surface area contributed by atoms with Gasteiger partial charge in [0.2, 0.25) is 0 Å². The molecule has 0 aromatic carbocycles. The zero-order chi connectivity index (χ0) is 14.7. The molecule has 0 heterocycles. The predicted molar refractivity (Wildman–Crippen MR) is 83.6 cm³/mol. The highest BCUT2D eigenvalue weighted by atomic mass is 16.4. The van der Waals surface area contributed by atoms with Crippen molar-refractivity contribution in [2.45, 2.75) is 24.0 Å². The van der Waals surface area contributed by atoms with Crippen molar-refractivity contribution in [2.24, 2.45) is 47.3 Å². The fourth-order valence-electron chi connectivity index (χ4n) is 7.06. The lowest BCUT2D eigenvalue weighted by molar-refractivity contribution is -0.180. The van der Waals surface area contributed by atoms with Crippen molar-refractivity contribution in [3.8, 4) is 0 Å². The van der Waals surface area contributed by atoms with Crippen LogP contribution in [-0.2, 0) is 0 Å². The van der Waals surface area contributed by atoms with E-state index in [-0.39, 0.29) is 11.8 Å². The van der Waals surface area contributed by atoms with E-state index in [1.165, 1.54) is 0 Å². The third-order valence-corrected chi connectivity index (χ3v) is 7.90. The molecule has 0 aromatic heterocycles. The molecule has 22 heavy (non-hydrogen) atoms. The van der Waals surface area contributed by atoms with Gasteiger partial charge >= 0.3 is 0 Å². The molecule has 6 rings (SSSR count). The average Bonchev–Trinajstić information content (AvgIpc) is 3.24. The molecule has 6 aliphatic carbocycles. The van der Waals surface area contributed by atoms with E-state index in [0.717, 1.165) is 12.8 Å². The normalized spacial score (nSPS) is 65.0. The van der Waals surface area contributed by atoms with Gasteiger partial charge < -0.3 is 10.2 Å². The van der Waals surface area contributed by atoms with E-state index in [1.54, 1.807) is 0 Å². The quantitative estimate of drug-likeness (QED) is 0.729. The van der Waals surface area contributed by atoms with E-state index >= 15 is 0 Å². The van der Waals surface area contributed by atoms with E-state index < -0.39 is 11.2 Å². The largest absolute Gasteiger partial charge is 0.386 e. The molecule has 2 N–H and O–H groups in total. The fraction of sp³-hybridized carbons (Fsp3) is 0.600. The molecule has 0 unspecified atom stereocenters.